The van der Waals surface area contributed by atoms with Gasteiger partial charge >= 0.3 is 5.91 Å². The molecule has 0 saturated carbocycles. The molecule has 35 heavy (non-hydrogen) atoms. The Balaban J connectivity index is 1.40. The molecule has 0 unspecified atom stereocenters. The van der Waals surface area contributed by atoms with Crippen molar-refractivity contribution in [1.29, 1.82) is 0 Å². The van der Waals surface area contributed by atoms with Crippen molar-refractivity contribution in [3.63, 3.8) is 0 Å². The molecule has 1 aromatic heterocycles. The van der Waals surface area contributed by atoms with Gasteiger partial charge in [0.2, 0.25) is 0 Å². The van der Waals surface area contributed by atoms with E-state index in [2.05, 4.69) is 26.5 Å². The molecule has 1 heterocycles. The fourth-order valence-corrected chi connectivity index (χ4v) is 4.50. The number of ether oxygens (including phenoxy) is 2. The summed E-state index contributed by atoms with van der Waals surface area (Å²) in [5, 5.41) is 6.06. The smallest absolute Gasteiger partial charge is 0.307 e. The first-order valence-electron chi connectivity index (χ1n) is 10.4. The number of amides is 1. The molecule has 6 nitrogen and oxygen atoms in total. The number of carbonyl (C=O) groups excluding carboxylic acids is 1. The zero-order valence-corrected chi connectivity index (χ0v) is 22.1. The summed E-state index contributed by atoms with van der Waals surface area (Å²) in [5.74, 6) is 0.823. The van der Waals surface area contributed by atoms with Gasteiger partial charge in [0.15, 0.2) is 11.5 Å². The number of fused-ring (bicyclic) bond motifs is 1. The van der Waals surface area contributed by atoms with Crippen LogP contribution in [0.3, 0.4) is 0 Å². The van der Waals surface area contributed by atoms with Crippen LogP contribution in [0.15, 0.2) is 68.6 Å². The van der Waals surface area contributed by atoms with Crippen molar-refractivity contribution < 1.29 is 18.7 Å². The molecule has 1 N–H and O–H groups in total. The van der Waals surface area contributed by atoms with Crippen LogP contribution >= 0.6 is 50.7 Å². The van der Waals surface area contributed by atoms with Crippen LogP contribution in [-0.2, 0) is 6.61 Å². The van der Waals surface area contributed by atoms with E-state index in [1.54, 1.807) is 42.5 Å². The third-order valence-corrected chi connectivity index (χ3v) is 6.40. The van der Waals surface area contributed by atoms with E-state index in [9.17, 15) is 4.79 Å². The molecule has 0 spiro atoms. The Kier molecular flexibility index (Phi) is 8.23. The molecule has 0 aliphatic carbocycles. The third kappa shape index (κ3) is 6.30. The van der Waals surface area contributed by atoms with Crippen LogP contribution in [0, 0.1) is 0 Å². The Morgan fingerprint density at radius 2 is 1.86 bits per heavy atom. The predicted octanol–water partition coefficient (Wildman–Crippen LogP) is 7.90. The summed E-state index contributed by atoms with van der Waals surface area (Å²) < 4.78 is 17.5. The summed E-state index contributed by atoms with van der Waals surface area (Å²) >= 11 is 21.9. The zero-order chi connectivity index (χ0) is 24.9. The van der Waals surface area contributed by atoms with Crippen LogP contribution in [0.2, 0.25) is 15.1 Å². The second-order valence-electron chi connectivity index (χ2n) is 7.29. The molecule has 3 aromatic carbocycles. The first-order chi connectivity index (χ1) is 16.8. The number of hydrazone groups is 1. The number of nitrogens with one attached hydrogen (secondary N) is 1. The monoisotopic (exact) mass is 594 g/mol. The Labute approximate surface area is 224 Å². The average molecular weight is 597 g/mol. The van der Waals surface area contributed by atoms with Crippen LogP contribution in [-0.4, -0.2) is 18.7 Å². The van der Waals surface area contributed by atoms with Crippen molar-refractivity contribution in [2.24, 2.45) is 5.10 Å². The van der Waals surface area contributed by atoms with E-state index in [0.29, 0.717) is 48.8 Å². The third-order valence-electron chi connectivity index (χ3n) is 4.79. The van der Waals surface area contributed by atoms with E-state index in [4.69, 9.17) is 48.7 Å². The fourth-order valence-electron chi connectivity index (χ4n) is 3.19. The molecular weight excluding hydrogens is 579 g/mol. The SMILES string of the molecule is CCOc1ccc2oc(C(=O)N/N=C/c3cc(Cl)c(OCc4ccc(Cl)c(Cl)c4)c(Br)c3)cc2c1. The van der Waals surface area contributed by atoms with Crippen LogP contribution in [0.25, 0.3) is 11.0 Å². The summed E-state index contributed by atoms with van der Waals surface area (Å²) in [6, 6.07) is 15.7. The van der Waals surface area contributed by atoms with Gasteiger partial charge in [-0.25, -0.2) is 5.43 Å². The minimum absolute atomic E-state index is 0.135. The van der Waals surface area contributed by atoms with Crippen LogP contribution < -0.4 is 14.9 Å². The van der Waals surface area contributed by atoms with Crippen molar-refractivity contribution in [1.82, 2.24) is 5.43 Å². The first-order valence-corrected chi connectivity index (χ1v) is 12.3. The van der Waals surface area contributed by atoms with Gasteiger partial charge in [-0.3, -0.25) is 4.79 Å². The van der Waals surface area contributed by atoms with Crippen LogP contribution in [0.5, 0.6) is 11.5 Å². The number of halogens is 4. The summed E-state index contributed by atoms with van der Waals surface area (Å²) in [4.78, 5) is 12.4. The standard InChI is InChI=1S/C25H18BrCl3N2O4/c1-2-33-17-4-6-22-16(10-17)11-23(35-22)25(32)31-30-12-15-7-18(26)24(21(29)9-15)34-13-14-3-5-19(27)20(28)8-14/h3-12H,2,13H2,1H3,(H,31,32)/b30-12+. The Morgan fingerprint density at radius 1 is 1.03 bits per heavy atom. The number of carbonyl (C=O) groups is 1. The fraction of sp³-hybridized carbons (Fsp3) is 0.120. The highest BCUT2D eigenvalue weighted by Crippen LogP contribution is 2.35. The zero-order valence-electron chi connectivity index (χ0n) is 18.3. The van der Waals surface area contributed by atoms with Crippen LogP contribution in [0.4, 0.5) is 0 Å². The first kappa shape index (κ1) is 25.4. The van der Waals surface area contributed by atoms with E-state index in [1.807, 2.05) is 19.1 Å². The van der Waals surface area contributed by atoms with Crippen molar-refractivity contribution in [2.75, 3.05) is 6.61 Å². The molecule has 180 valence electrons. The highest BCUT2D eigenvalue weighted by Gasteiger charge is 2.13. The number of hydrogen-bond acceptors (Lipinski definition) is 5. The van der Waals surface area contributed by atoms with Gasteiger partial charge in [0.05, 0.1) is 32.4 Å². The van der Waals surface area contributed by atoms with Gasteiger partial charge in [-0.2, -0.15) is 5.10 Å². The van der Waals surface area contributed by atoms with Crippen molar-refractivity contribution in [2.45, 2.75) is 13.5 Å². The Bertz CT molecular complexity index is 1400. The lowest BCUT2D eigenvalue weighted by molar-refractivity contribution is 0.0929. The van der Waals surface area contributed by atoms with Crippen molar-refractivity contribution in [3.05, 3.63) is 91.0 Å². The maximum Gasteiger partial charge on any atom is 0.307 e. The average Bonchev–Trinajstić information content (AvgIpc) is 3.24. The van der Waals surface area contributed by atoms with Gasteiger partial charge in [0.1, 0.15) is 17.9 Å². The summed E-state index contributed by atoms with van der Waals surface area (Å²) in [6.07, 6.45) is 1.47. The van der Waals surface area contributed by atoms with E-state index >= 15 is 0 Å². The lowest BCUT2D eigenvalue weighted by Crippen LogP contribution is -2.16. The second-order valence-corrected chi connectivity index (χ2v) is 9.37. The summed E-state index contributed by atoms with van der Waals surface area (Å²) in [6.45, 7) is 2.71. The van der Waals surface area contributed by atoms with Crippen molar-refractivity contribution >= 4 is 73.8 Å². The second kappa shape index (κ2) is 11.4. The van der Waals surface area contributed by atoms with Gasteiger partial charge in [-0.05, 0) is 82.5 Å². The van der Waals surface area contributed by atoms with Gasteiger partial charge in [0.25, 0.3) is 0 Å². The molecule has 0 aliphatic heterocycles. The normalized spacial score (nSPS) is 11.2. The lowest BCUT2D eigenvalue weighted by Gasteiger charge is -2.11. The molecule has 4 rings (SSSR count). The lowest BCUT2D eigenvalue weighted by atomic mass is 10.2. The maximum atomic E-state index is 12.4. The number of hydrogen-bond donors (Lipinski definition) is 1. The molecule has 0 radical (unpaired) electrons. The molecule has 4 aromatic rings. The van der Waals surface area contributed by atoms with Crippen LogP contribution in [0.1, 0.15) is 28.6 Å². The molecule has 1 amide bonds. The molecule has 0 aliphatic rings. The Hall–Kier alpha value is -2.71. The molecule has 0 fully saturated rings. The van der Waals surface area contributed by atoms with E-state index in [1.165, 1.54) is 6.21 Å². The van der Waals surface area contributed by atoms with Gasteiger partial charge in [-0.1, -0.05) is 40.9 Å². The number of rotatable bonds is 8. The van der Waals surface area contributed by atoms with E-state index in [0.717, 1.165) is 10.9 Å². The molecule has 0 bridgehead atoms. The van der Waals surface area contributed by atoms with E-state index < -0.39 is 5.91 Å². The minimum atomic E-state index is -0.484. The summed E-state index contributed by atoms with van der Waals surface area (Å²) in [5.41, 5.74) is 4.52. The minimum Gasteiger partial charge on any atom is -0.494 e. The number of furan rings is 1. The molecular formula is C25H18BrCl3N2O4. The van der Waals surface area contributed by atoms with Crippen molar-refractivity contribution in [3.8, 4) is 11.5 Å². The van der Waals surface area contributed by atoms with Gasteiger partial charge in [0, 0.05) is 5.39 Å². The number of benzene rings is 3. The Morgan fingerprint density at radius 3 is 2.60 bits per heavy atom. The largest absolute Gasteiger partial charge is 0.494 e. The highest BCUT2D eigenvalue weighted by molar-refractivity contribution is 9.10. The predicted molar refractivity (Wildman–Crippen MR) is 142 cm³/mol. The summed E-state index contributed by atoms with van der Waals surface area (Å²) in [7, 11) is 0. The maximum absolute atomic E-state index is 12.4. The van der Waals surface area contributed by atoms with Gasteiger partial charge < -0.3 is 13.9 Å². The molecule has 10 heteroatoms. The molecule has 0 saturated heterocycles. The number of nitrogens with zero attached hydrogens (tertiary/aromatic N) is 1. The van der Waals surface area contributed by atoms with Gasteiger partial charge in [-0.15, -0.1) is 0 Å². The topological polar surface area (TPSA) is 73.1 Å². The van der Waals surface area contributed by atoms with E-state index in [-0.39, 0.29) is 12.4 Å². The highest BCUT2D eigenvalue weighted by atomic mass is 79.9. The molecule has 0 atom stereocenters. The quantitative estimate of drug-likeness (QED) is 0.166.